The van der Waals surface area contributed by atoms with Gasteiger partial charge in [0, 0.05) is 25.9 Å². The Hall–Kier alpha value is -3.58. The Balaban J connectivity index is 1.46. The summed E-state index contributed by atoms with van der Waals surface area (Å²) in [5.41, 5.74) is -4.69. The quantitative estimate of drug-likeness (QED) is 0.108. The van der Waals surface area contributed by atoms with Gasteiger partial charge in [-0.15, -0.1) is 0 Å². The first kappa shape index (κ1) is 40.8. The fourth-order valence-corrected chi connectivity index (χ4v) is 5.60. The molecular formula is C34H42ClF4N5O5S. The third-order valence-corrected chi connectivity index (χ3v) is 8.78. The first-order chi connectivity index (χ1) is 23.3. The van der Waals surface area contributed by atoms with Gasteiger partial charge < -0.3 is 24.4 Å². The second kappa shape index (κ2) is 17.1. The molecule has 2 amide bonds. The fourth-order valence-electron chi connectivity index (χ4n) is 4.87. The molecule has 2 aromatic rings. The molecule has 0 bridgehead atoms. The highest BCUT2D eigenvalue weighted by molar-refractivity contribution is 7.81. The highest BCUT2D eigenvalue weighted by Crippen LogP contribution is 2.42. The van der Waals surface area contributed by atoms with E-state index in [1.807, 2.05) is 6.92 Å². The summed E-state index contributed by atoms with van der Waals surface area (Å²) in [5, 5.41) is 11.8. The number of amides is 2. The number of carbonyl (C=O) groups is 2. The summed E-state index contributed by atoms with van der Waals surface area (Å²) in [5.74, 6) is -2.59. The number of alkyl halides is 3. The van der Waals surface area contributed by atoms with Crippen molar-refractivity contribution in [3.8, 4) is 11.9 Å². The third-order valence-electron chi connectivity index (χ3n) is 8.14. The van der Waals surface area contributed by atoms with Crippen LogP contribution in [0.2, 0.25) is 5.02 Å². The maximum atomic E-state index is 15.3. The highest BCUT2D eigenvalue weighted by atomic mass is 35.5. The van der Waals surface area contributed by atoms with Crippen LogP contribution in [0.4, 0.5) is 28.9 Å². The average molecular weight is 744 g/mol. The number of ether oxygens (including phenoxy) is 3. The number of nitriles is 1. The molecule has 1 unspecified atom stereocenters. The number of halogens is 5. The number of unbranched alkanes of at least 4 members (excludes halogenated alkanes) is 2. The van der Waals surface area contributed by atoms with Gasteiger partial charge in [0.25, 0.3) is 5.91 Å². The first-order valence-corrected chi connectivity index (χ1v) is 16.8. The molecule has 1 saturated heterocycles. The summed E-state index contributed by atoms with van der Waals surface area (Å²) in [6, 6.07) is 4.52. The van der Waals surface area contributed by atoms with E-state index in [1.165, 1.54) is 37.1 Å². The van der Waals surface area contributed by atoms with E-state index in [9.17, 15) is 22.8 Å². The van der Waals surface area contributed by atoms with E-state index in [1.54, 1.807) is 0 Å². The number of hydrogen-bond donors (Lipinski definition) is 1. The van der Waals surface area contributed by atoms with Crippen molar-refractivity contribution >= 4 is 52.1 Å². The van der Waals surface area contributed by atoms with Crippen LogP contribution in [0.3, 0.4) is 0 Å². The summed E-state index contributed by atoms with van der Waals surface area (Å²) in [6.45, 7) is 12.9. The number of nitrogens with zero attached hydrogens (tertiary/aromatic N) is 4. The van der Waals surface area contributed by atoms with Gasteiger partial charge in [-0.1, -0.05) is 32.4 Å². The Bertz CT molecular complexity index is 1600. The third kappa shape index (κ3) is 10.0. The Morgan fingerprint density at radius 1 is 1.10 bits per heavy atom. The van der Waals surface area contributed by atoms with E-state index >= 15 is 4.39 Å². The predicted molar refractivity (Wildman–Crippen MR) is 185 cm³/mol. The fraction of sp³-hybridized carbons (Fsp3) is 0.559. The minimum absolute atomic E-state index is 0.0140. The zero-order chi connectivity index (χ0) is 37.4. The van der Waals surface area contributed by atoms with Crippen LogP contribution in [0.1, 0.15) is 78.4 Å². The van der Waals surface area contributed by atoms with E-state index < -0.39 is 40.3 Å². The van der Waals surface area contributed by atoms with Gasteiger partial charge in [0.1, 0.15) is 22.7 Å². The van der Waals surface area contributed by atoms with Crippen LogP contribution in [0, 0.1) is 22.6 Å². The zero-order valence-electron chi connectivity index (χ0n) is 28.9. The molecule has 0 radical (unpaired) electrons. The van der Waals surface area contributed by atoms with Gasteiger partial charge in [-0.05, 0) is 82.3 Å². The monoisotopic (exact) mass is 743 g/mol. The topological polar surface area (TPSA) is 117 Å². The van der Waals surface area contributed by atoms with Crippen molar-refractivity contribution in [1.82, 2.24) is 10.3 Å². The van der Waals surface area contributed by atoms with Crippen LogP contribution >= 0.6 is 23.8 Å². The lowest BCUT2D eigenvalue weighted by molar-refractivity contribution is -0.140. The SMILES string of the molecule is CC(NC(=O)COCCCOCCCCCOc1ncc(N2C(=S)N(c3ccc(C#N)c(C(F)(F)F)c3F)C(=O)C2(C)C)cc1Cl)C(C)(C)C. The number of rotatable bonds is 16. The second-order valence-corrected chi connectivity index (χ2v) is 14.1. The lowest BCUT2D eigenvalue weighted by Crippen LogP contribution is -2.44. The molecule has 50 heavy (non-hydrogen) atoms. The summed E-state index contributed by atoms with van der Waals surface area (Å²) >= 11 is 11.9. The molecule has 10 nitrogen and oxygen atoms in total. The zero-order valence-corrected chi connectivity index (χ0v) is 30.5. The number of anilines is 2. The number of carbonyl (C=O) groups excluding carboxylic acids is 2. The van der Waals surface area contributed by atoms with Crippen molar-refractivity contribution in [3.05, 3.63) is 46.4 Å². The Morgan fingerprint density at radius 3 is 2.36 bits per heavy atom. The molecular weight excluding hydrogens is 702 g/mol. The maximum absolute atomic E-state index is 15.3. The normalized spacial score (nSPS) is 15.3. The van der Waals surface area contributed by atoms with E-state index in [4.69, 9.17) is 43.3 Å². The minimum atomic E-state index is -5.19. The van der Waals surface area contributed by atoms with Gasteiger partial charge in [0.05, 0.1) is 35.8 Å². The van der Waals surface area contributed by atoms with E-state index in [2.05, 4.69) is 31.1 Å². The smallest absolute Gasteiger partial charge is 0.420 e. The maximum Gasteiger partial charge on any atom is 0.420 e. The number of aromatic nitrogens is 1. The number of pyridine rings is 1. The molecule has 16 heteroatoms. The van der Waals surface area contributed by atoms with Crippen molar-refractivity contribution in [2.24, 2.45) is 5.41 Å². The molecule has 1 atom stereocenters. The molecule has 3 rings (SSSR count). The molecule has 1 fully saturated rings. The Morgan fingerprint density at radius 2 is 1.74 bits per heavy atom. The standard InChI is InChI=1S/C34H42ClF4N5O5S/c1-21(32(2,3)4)42-26(45)20-48-15-10-14-47-13-8-7-9-16-49-29-24(35)17-23(19-41-29)44-31(50)43(30(46)33(44,5)6)25-12-11-22(18-40)27(28(25)36)34(37,38)39/h11-12,17,19,21H,7-10,13-16,20H2,1-6H3,(H,42,45). The molecule has 0 aliphatic carbocycles. The van der Waals surface area contributed by atoms with Gasteiger partial charge in [-0.3, -0.25) is 14.5 Å². The lowest BCUT2D eigenvalue weighted by Gasteiger charge is -2.29. The van der Waals surface area contributed by atoms with Crippen LogP contribution in [-0.4, -0.2) is 66.5 Å². The van der Waals surface area contributed by atoms with Gasteiger partial charge in [-0.25, -0.2) is 9.37 Å². The Kier molecular flexibility index (Phi) is 14.0. The van der Waals surface area contributed by atoms with Crippen molar-refractivity contribution < 1.29 is 41.4 Å². The number of nitrogens with one attached hydrogen (secondary N) is 1. The minimum Gasteiger partial charge on any atom is -0.477 e. The van der Waals surface area contributed by atoms with Crippen LogP contribution in [0.15, 0.2) is 24.4 Å². The number of benzene rings is 1. The van der Waals surface area contributed by atoms with Gasteiger partial charge in [-0.2, -0.15) is 18.4 Å². The molecule has 1 aliphatic heterocycles. The Labute approximate surface area is 300 Å². The van der Waals surface area contributed by atoms with E-state index in [0.29, 0.717) is 44.2 Å². The van der Waals surface area contributed by atoms with Gasteiger partial charge in [0.15, 0.2) is 10.9 Å². The second-order valence-electron chi connectivity index (χ2n) is 13.3. The molecule has 1 aromatic heterocycles. The van der Waals surface area contributed by atoms with Crippen LogP contribution in [0.5, 0.6) is 5.88 Å². The predicted octanol–water partition coefficient (Wildman–Crippen LogP) is 7.20. The number of hydrogen-bond acceptors (Lipinski definition) is 8. The van der Waals surface area contributed by atoms with Gasteiger partial charge >= 0.3 is 6.18 Å². The summed E-state index contributed by atoms with van der Waals surface area (Å²) in [6.07, 6.45) is -0.866. The lowest BCUT2D eigenvalue weighted by atomic mass is 9.88. The van der Waals surface area contributed by atoms with E-state index in [0.717, 1.165) is 25.0 Å². The molecule has 2 heterocycles. The molecule has 0 saturated carbocycles. The molecule has 1 N–H and O–H groups in total. The van der Waals surface area contributed by atoms with Crippen molar-refractivity contribution in [2.75, 3.05) is 42.8 Å². The number of thiocarbonyl (C=S) groups is 1. The first-order valence-electron chi connectivity index (χ1n) is 16.0. The van der Waals surface area contributed by atoms with Crippen LogP contribution in [-0.2, 0) is 25.2 Å². The molecule has 1 aromatic carbocycles. The summed E-state index contributed by atoms with van der Waals surface area (Å²) in [4.78, 5) is 31.6. The van der Waals surface area contributed by atoms with Crippen LogP contribution < -0.4 is 19.9 Å². The molecule has 1 aliphatic rings. The van der Waals surface area contributed by atoms with Crippen LogP contribution in [0.25, 0.3) is 0 Å². The summed E-state index contributed by atoms with van der Waals surface area (Å²) in [7, 11) is 0. The average Bonchev–Trinajstić information content (AvgIpc) is 3.19. The summed E-state index contributed by atoms with van der Waals surface area (Å²) < 4.78 is 72.9. The van der Waals surface area contributed by atoms with Gasteiger partial charge in [0.2, 0.25) is 11.8 Å². The highest BCUT2D eigenvalue weighted by Gasteiger charge is 2.52. The van der Waals surface area contributed by atoms with Crippen molar-refractivity contribution in [3.63, 3.8) is 0 Å². The molecule has 274 valence electrons. The van der Waals surface area contributed by atoms with Crippen molar-refractivity contribution in [1.29, 1.82) is 5.26 Å². The van der Waals surface area contributed by atoms with E-state index in [-0.39, 0.29) is 45.7 Å². The molecule has 0 spiro atoms. The van der Waals surface area contributed by atoms with Crippen molar-refractivity contribution in [2.45, 2.75) is 85.0 Å². The largest absolute Gasteiger partial charge is 0.477 e.